The van der Waals surface area contributed by atoms with Crippen molar-refractivity contribution in [3.63, 3.8) is 0 Å². The third kappa shape index (κ3) is 4.61. The number of rotatable bonds is 6. The van der Waals surface area contributed by atoms with Gasteiger partial charge in [-0.05, 0) is 43.2 Å². The van der Waals surface area contributed by atoms with Crippen molar-refractivity contribution in [3.8, 4) is 5.75 Å². The molecule has 2 N–H and O–H groups in total. The number of ether oxygens (including phenoxy) is 1. The lowest BCUT2D eigenvalue weighted by Crippen LogP contribution is -2.37. The second-order valence-electron chi connectivity index (χ2n) is 5.51. The lowest BCUT2D eigenvalue weighted by Gasteiger charge is -2.18. The fraction of sp³-hybridized carbons (Fsp3) is 0.278. The summed E-state index contributed by atoms with van der Waals surface area (Å²) in [6.45, 7) is 3.97. The van der Waals surface area contributed by atoms with Crippen LogP contribution in [0.4, 0.5) is 10.1 Å². The van der Waals surface area contributed by atoms with Gasteiger partial charge in [-0.1, -0.05) is 23.7 Å². The Morgan fingerprint density at radius 3 is 2.58 bits per heavy atom. The van der Waals surface area contributed by atoms with Crippen molar-refractivity contribution in [1.29, 1.82) is 0 Å². The van der Waals surface area contributed by atoms with Crippen LogP contribution in [0.15, 0.2) is 36.4 Å². The predicted octanol–water partition coefficient (Wildman–Crippen LogP) is 3.91. The summed E-state index contributed by atoms with van der Waals surface area (Å²) < 4.78 is 18.2. The predicted molar refractivity (Wildman–Crippen MR) is 94.1 cm³/mol. The molecule has 2 aromatic carbocycles. The standard InChI is InChI=1S/C18H20ClFN2O2/c1-11-8-16(17(24-3)9-15(11)19)22-12(2)18(23)21-10-13-4-6-14(20)7-5-13/h4-9,12,22H,10H2,1-3H3,(H,21,23). The molecule has 1 amide bonds. The van der Waals surface area contributed by atoms with Crippen LogP contribution < -0.4 is 15.4 Å². The Balaban J connectivity index is 1.98. The highest BCUT2D eigenvalue weighted by Gasteiger charge is 2.15. The van der Waals surface area contributed by atoms with Gasteiger partial charge in [-0.25, -0.2) is 4.39 Å². The average molecular weight is 351 g/mol. The van der Waals surface area contributed by atoms with Gasteiger partial charge in [0.25, 0.3) is 0 Å². The number of amides is 1. The normalized spacial score (nSPS) is 11.7. The largest absolute Gasteiger partial charge is 0.495 e. The number of carbonyl (C=O) groups is 1. The second-order valence-corrected chi connectivity index (χ2v) is 5.92. The molecule has 24 heavy (non-hydrogen) atoms. The van der Waals surface area contributed by atoms with Crippen LogP contribution in [-0.4, -0.2) is 19.1 Å². The van der Waals surface area contributed by atoms with E-state index in [-0.39, 0.29) is 11.7 Å². The summed E-state index contributed by atoms with van der Waals surface area (Å²) in [7, 11) is 1.55. The Labute approximate surface area is 146 Å². The number of nitrogens with one attached hydrogen (secondary N) is 2. The molecule has 4 nitrogen and oxygen atoms in total. The van der Waals surface area contributed by atoms with E-state index < -0.39 is 6.04 Å². The van der Waals surface area contributed by atoms with E-state index in [4.69, 9.17) is 16.3 Å². The Morgan fingerprint density at radius 1 is 1.29 bits per heavy atom. The quantitative estimate of drug-likeness (QED) is 0.830. The fourth-order valence-electron chi connectivity index (χ4n) is 2.19. The number of methoxy groups -OCH3 is 1. The summed E-state index contributed by atoms with van der Waals surface area (Å²) >= 11 is 6.08. The van der Waals surface area contributed by atoms with Crippen molar-refractivity contribution in [1.82, 2.24) is 5.32 Å². The molecular weight excluding hydrogens is 331 g/mol. The number of carbonyl (C=O) groups excluding carboxylic acids is 1. The summed E-state index contributed by atoms with van der Waals surface area (Å²) in [6.07, 6.45) is 0. The number of anilines is 1. The highest BCUT2D eigenvalue weighted by molar-refractivity contribution is 6.31. The van der Waals surface area contributed by atoms with E-state index >= 15 is 0 Å². The summed E-state index contributed by atoms with van der Waals surface area (Å²) in [6, 6.07) is 9.08. The molecule has 2 aromatic rings. The fourth-order valence-corrected chi connectivity index (χ4v) is 2.34. The Morgan fingerprint density at radius 2 is 1.96 bits per heavy atom. The molecule has 0 spiro atoms. The molecule has 128 valence electrons. The smallest absolute Gasteiger partial charge is 0.242 e. The summed E-state index contributed by atoms with van der Waals surface area (Å²) in [4.78, 5) is 12.2. The molecule has 0 aliphatic carbocycles. The SMILES string of the molecule is COc1cc(Cl)c(C)cc1NC(C)C(=O)NCc1ccc(F)cc1. The van der Waals surface area contributed by atoms with Crippen molar-refractivity contribution in [3.05, 3.63) is 58.4 Å². The van der Waals surface area contributed by atoms with E-state index in [1.807, 2.05) is 13.0 Å². The van der Waals surface area contributed by atoms with Crippen LogP contribution >= 0.6 is 11.6 Å². The summed E-state index contributed by atoms with van der Waals surface area (Å²) in [5.41, 5.74) is 2.42. The van der Waals surface area contributed by atoms with Crippen LogP contribution in [0.5, 0.6) is 5.75 Å². The van der Waals surface area contributed by atoms with E-state index in [0.717, 1.165) is 11.1 Å². The molecule has 1 atom stereocenters. The molecule has 0 aliphatic rings. The lowest BCUT2D eigenvalue weighted by atomic mass is 10.1. The third-order valence-electron chi connectivity index (χ3n) is 3.63. The van der Waals surface area contributed by atoms with Crippen molar-refractivity contribution < 1.29 is 13.9 Å². The van der Waals surface area contributed by atoms with E-state index in [2.05, 4.69) is 10.6 Å². The van der Waals surface area contributed by atoms with Crippen LogP contribution in [0.2, 0.25) is 5.02 Å². The van der Waals surface area contributed by atoms with Gasteiger partial charge in [0.1, 0.15) is 17.6 Å². The molecule has 0 radical (unpaired) electrons. The number of hydrogen-bond acceptors (Lipinski definition) is 3. The second kappa shape index (κ2) is 8.02. The van der Waals surface area contributed by atoms with Crippen LogP contribution in [-0.2, 0) is 11.3 Å². The third-order valence-corrected chi connectivity index (χ3v) is 4.03. The Bertz CT molecular complexity index is 720. The van der Waals surface area contributed by atoms with Crippen molar-refractivity contribution in [2.45, 2.75) is 26.4 Å². The molecule has 1 unspecified atom stereocenters. The zero-order valence-electron chi connectivity index (χ0n) is 13.8. The molecule has 0 heterocycles. The maximum atomic E-state index is 12.9. The van der Waals surface area contributed by atoms with Crippen molar-refractivity contribution >= 4 is 23.2 Å². The Kier molecular flexibility index (Phi) is 6.04. The van der Waals surface area contributed by atoms with Gasteiger partial charge in [0.05, 0.1) is 12.8 Å². The molecule has 0 aromatic heterocycles. The first-order valence-electron chi connectivity index (χ1n) is 7.53. The molecule has 2 rings (SSSR count). The minimum absolute atomic E-state index is 0.172. The monoisotopic (exact) mass is 350 g/mol. The van der Waals surface area contributed by atoms with Crippen LogP contribution in [0, 0.1) is 12.7 Å². The van der Waals surface area contributed by atoms with Gasteiger partial charge in [-0.2, -0.15) is 0 Å². The van der Waals surface area contributed by atoms with E-state index in [1.165, 1.54) is 12.1 Å². The average Bonchev–Trinajstić information content (AvgIpc) is 2.57. The first-order valence-corrected chi connectivity index (χ1v) is 7.91. The number of benzene rings is 2. The van der Waals surface area contributed by atoms with E-state index in [0.29, 0.717) is 23.0 Å². The number of hydrogen-bond donors (Lipinski definition) is 2. The molecule has 0 saturated heterocycles. The van der Waals surface area contributed by atoms with Crippen molar-refractivity contribution in [2.75, 3.05) is 12.4 Å². The number of halogens is 2. The molecular formula is C18H20ClFN2O2. The van der Waals surface area contributed by atoms with Gasteiger partial charge in [-0.3, -0.25) is 4.79 Å². The highest BCUT2D eigenvalue weighted by atomic mass is 35.5. The minimum Gasteiger partial charge on any atom is -0.495 e. The lowest BCUT2D eigenvalue weighted by molar-refractivity contribution is -0.121. The summed E-state index contributed by atoms with van der Waals surface area (Å²) in [5, 5.41) is 6.53. The van der Waals surface area contributed by atoms with Crippen LogP contribution in [0.1, 0.15) is 18.1 Å². The first-order chi connectivity index (χ1) is 11.4. The molecule has 0 aliphatic heterocycles. The van der Waals surface area contributed by atoms with Gasteiger partial charge in [0.2, 0.25) is 5.91 Å². The van der Waals surface area contributed by atoms with Crippen molar-refractivity contribution in [2.24, 2.45) is 0 Å². The van der Waals surface area contributed by atoms with Gasteiger partial charge >= 0.3 is 0 Å². The Hall–Kier alpha value is -2.27. The first kappa shape index (κ1) is 18.1. The highest BCUT2D eigenvalue weighted by Crippen LogP contribution is 2.31. The minimum atomic E-state index is -0.472. The summed E-state index contributed by atoms with van der Waals surface area (Å²) in [5.74, 6) is 0.100. The van der Waals surface area contributed by atoms with Gasteiger partial charge < -0.3 is 15.4 Å². The maximum Gasteiger partial charge on any atom is 0.242 e. The topological polar surface area (TPSA) is 50.4 Å². The number of aryl methyl sites for hydroxylation is 1. The maximum absolute atomic E-state index is 12.9. The zero-order chi connectivity index (χ0) is 17.7. The molecule has 6 heteroatoms. The van der Waals surface area contributed by atoms with Gasteiger partial charge in [0, 0.05) is 17.6 Å². The zero-order valence-corrected chi connectivity index (χ0v) is 14.6. The van der Waals surface area contributed by atoms with E-state index in [1.54, 1.807) is 32.2 Å². The molecule has 0 bridgehead atoms. The van der Waals surface area contributed by atoms with Gasteiger partial charge in [-0.15, -0.1) is 0 Å². The van der Waals surface area contributed by atoms with Crippen LogP contribution in [0.3, 0.4) is 0 Å². The van der Waals surface area contributed by atoms with Gasteiger partial charge in [0.15, 0.2) is 0 Å². The molecule has 0 fully saturated rings. The van der Waals surface area contributed by atoms with E-state index in [9.17, 15) is 9.18 Å². The van der Waals surface area contributed by atoms with Crippen LogP contribution in [0.25, 0.3) is 0 Å². The molecule has 0 saturated carbocycles.